The summed E-state index contributed by atoms with van der Waals surface area (Å²) in [4.78, 5) is 9.81. The van der Waals surface area contributed by atoms with Gasteiger partial charge in [0.25, 0.3) is 0 Å². The standard InChI is InChI=1S/C15H15N5S/c21-15-16-7-11-9-19(6-4-13(11)18-15)10-12-8-17-20-5-2-1-3-14(12)20/h1-3,5,7-8H,4,6,9-10H2,(H,16,18,21). The number of H-pyrrole nitrogens is 1. The summed E-state index contributed by atoms with van der Waals surface area (Å²) in [5.74, 6) is 0. The fourth-order valence-corrected chi connectivity index (χ4v) is 3.07. The van der Waals surface area contributed by atoms with E-state index in [1.54, 1.807) is 0 Å². The molecule has 0 aliphatic carbocycles. The number of pyridine rings is 1. The molecule has 0 unspecified atom stereocenters. The predicted octanol–water partition coefficient (Wildman–Crippen LogP) is 2.35. The number of nitrogens with one attached hydrogen (secondary N) is 1. The lowest BCUT2D eigenvalue weighted by molar-refractivity contribution is 0.243. The highest BCUT2D eigenvalue weighted by Crippen LogP contribution is 2.20. The van der Waals surface area contributed by atoms with Gasteiger partial charge in [0.1, 0.15) is 0 Å². The van der Waals surface area contributed by atoms with Crippen molar-refractivity contribution in [3.05, 3.63) is 58.4 Å². The molecule has 1 aliphatic rings. The molecule has 1 aliphatic heterocycles. The molecule has 4 rings (SSSR count). The molecule has 21 heavy (non-hydrogen) atoms. The zero-order valence-corrected chi connectivity index (χ0v) is 12.3. The first-order chi connectivity index (χ1) is 10.3. The van der Waals surface area contributed by atoms with Gasteiger partial charge in [-0.25, -0.2) is 9.50 Å². The van der Waals surface area contributed by atoms with Gasteiger partial charge in [0, 0.05) is 55.3 Å². The first-order valence-electron chi connectivity index (χ1n) is 7.00. The Morgan fingerprint density at radius 3 is 3.19 bits per heavy atom. The van der Waals surface area contributed by atoms with E-state index in [0.29, 0.717) is 4.77 Å². The van der Waals surface area contributed by atoms with Crippen LogP contribution in [0, 0.1) is 4.77 Å². The summed E-state index contributed by atoms with van der Waals surface area (Å²) >= 11 is 5.08. The molecule has 0 saturated heterocycles. The van der Waals surface area contributed by atoms with Crippen molar-refractivity contribution in [2.24, 2.45) is 0 Å². The van der Waals surface area contributed by atoms with Crippen LogP contribution in [0.5, 0.6) is 0 Å². The van der Waals surface area contributed by atoms with Crippen LogP contribution >= 0.6 is 12.2 Å². The normalized spacial score (nSPS) is 15.2. The van der Waals surface area contributed by atoms with Crippen molar-refractivity contribution in [3.8, 4) is 0 Å². The lowest BCUT2D eigenvalue weighted by Crippen LogP contribution is -2.30. The molecule has 106 valence electrons. The van der Waals surface area contributed by atoms with E-state index < -0.39 is 0 Å². The minimum atomic E-state index is 0.574. The molecule has 0 radical (unpaired) electrons. The lowest BCUT2D eigenvalue weighted by atomic mass is 10.1. The number of hydrogen-bond donors (Lipinski definition) is 1. The third-order valence-electron chi connectivity index (χ3n) is 3.96. The summed E-state index contributed by atoms with van der Waals surface area (Å²) < 4.78 is 2.50. The molecule has 0 amide bonds. The Balaban J connectivity index is 1.59. The van der Waals surface area contributed by atoms with Crippen molar-refractivity contribution in [2.45, 2.75) is 19.5 Å². The van der Waals surface area contributed by atoms with Gasteiger partial charge in [-0.15, -0.1) is 0 Å². The minimum absolute atomic E-state index is 0.574. The van der Waals surface area contributed by atoms with E-state index in [9.17, 15) is 0 Å². The van der Waals surface area contributed by atoms with Crippen LogP contribution in [0.4, 0.5) is 0 Å². The average Bonchev–Trinajstić information content (AvgIpc) is 2.91. The smallest absolute Gasteiger partial charge is 0.196 e. The molecule has 3 aromatic rings. The van der Waals surface area contributed by atoms with E-state index in [1.807, 2.05) is 29.2 Å². The van der Waals surface area contributed by atoms with Gasteiger partial charge in [0.2, 0.25) is 0 Å². The minimum Gasteiger partial charge on any atom is -0.334 e. The topological polar surface area (TPSA) is 49.2 Å². The number of nitrogens with zero attached hydrogens (tertiary/aromatic N) is 4. The van der Waals surface area contributed by atoms with Gasteiger partial charge < -0.3 is 4.98 Å². The van der Waals surface area contributed by atoms with Gasteiger partial charge in [-0.3, -0.25) is 4.90 Å². The predicted molar refractivity (Wildman–Crippen MR) is 82.4 cm³/mol. The molecular formula is C15H15N5S. The zero-order chi connectivity index (χ0) is 14.2. The number of rotatable bonds is 2. The van der Waals surface area contributed by atoms with Crippen LogP contribution < -0.4 is 0 Å². The molecule has 0 bridgehead atoms. The van der Waals surface area contributed by atoms with Crippen molar-refractivity contribution in [1.82, 2.24) is 24.5 Å². The SMILES string of the molecule is S=c1ncc2c([nH]1)CCN(Cc1cnn3ccccc13)C2. The van der Waals surface area contributed by atoms with Gasteiger partial charge in [0.15, 0.2) is 4.77 Å². The van der Waals surface area contributed by atoms with Crippen molar-refractivity contribution in [3.63, 3.8) is 0 Å². The number of aromatic nitrogens is 4. The fourth-order valence-electron chi connectivity index (χ4n) is 2.89. The van der Waals surface area contributed by atoms with E-state index >= 15 is 0 Å². The molecule has 0 atom stereocenters. The van der Waals surface area contributed by atoms with Crippen LogP contribution in [0.1, 0.15) is 16.8 Å². The highest BCUT2D eigenvalue weighted by atomic mass is 32.1. The Labute approximate surface area is 127 Å². The summed E-state index contributed by atoms with van der Waals surface area (Å²) in [6.45, 7) is 2.83. The first kappa shape index (κ1) is 12.7. The highest BCUT2D eigenvalue weighted by Gasteiger charge is 2.18. The second-order valence-corrected chi connectivity index (χ2v) is 5.74. The van der Waals surface area contributed by atoms with E-state index in [4.69, 9.17) is 12.2 Å². The lowest BCUT2D eigenvalue weighted by Gasteiger charge is -2.27. The molecule has 4 heterocycles. The van der Waals surface area contributed by atoms with Gasteiger partial charge in [-0.1, -0.05) is 6.07 Å². The van der Waals surface area contributed by atoms with Crippen LogP contribution in [0.25, 0.3) is 5.52 Å². The van der Waals surface area contributed by atoms with Crippen molar-refractivity contribution in [2.75, 3.05) is 6.54 Å². The molecular weight excluding hydrogens is 282 g/mol. The van der Waals surface area contributed by atoms with Gasteiger partial charge in [-0.05, 0) is 24.4 Å². The van der Waals surface area contributed by atoms with E-state index in [0.717, 1.165) is 26.1 Å². The Kier molecular flexibility index (Phi) is 3.05. The average molecular weight is 297 g/mol. The molecule has 3 aromatic heterocycles. The number of hydrogen-bond acceptors (Lipinski definition) is 4. The van der Waals surface area contributed by atoms with E-state index in [-0.39, 0.29) is 0 Å². The molecule has 5 nitrogen and oxygen atoms in total. The Hall–Kier alpha value is -2.05. The van der Waals surface area contributed by atoms with Crippen molar-refractivity contribution in [1.29, 1.82) is 0 Å². The number of aromatic amines is 1. The van der Waals surface area contributed by atoms with Crippen LogP contribution in [-0.4, -0.2) is 31.0 Å². The van der Waals surface area contributed by atoms with Gasteiger partial charge in [0.05, 0.1) is 11.7 Å². The van der Waals surface area contributed by atoms with Crippen LogP contribution in [0.15, 0.2) is 36.8 Å². The summed E-state index contributed by atoms with van der Waals surface area (Å²) in [5.41, 5.74) is 4.90. The van der Waals surface area contributed by atoms with E-state index in [1.165, 1.54) is 22.3 Å². The summed E-state index contributed by atoms with van der Waals surface area (Å²) in [7, 11) is 0. The van der Waals surface area contributed by atoms with Crippen molar-refractivity contribution >= 4 is 17.7 Å². The van der Waals surface area contributed by atoms with Crippen LogP contribution in [-0.2, 0) is 19.5 Å². The maximum absolute atomic E-state index is 5.08. The summed E-state index contributed by atoms with van der Waals surface area (Å²) in [6, 6.07) is 6.16. The quantitative estimate of drug-likeness (QED) is 0.738. The summed E-state index contributed by atoms with van der Waals surface area (Å²) in [6.07, 6.45) is 6.83. The molecule has 0 fully saturated rings. The maximum Gasteiger partial charge on any atom is 0.196 e. The number of fused-ring (bicyclic) bond motifs is 2. The molecule has 0 aromatic carbocycles. The Bertz CT molecular complexity index is 850. The molecule has 1 N–H and O–H groups in total. The monoisotopic (exact) mass is 297 g/mol. The Morgan fingerprint density at radius 2 is 2.24 bits per heavy atom. The molecule has 0 saturated carbocycles. The first-order valence-corrected chi connectivity index (χ1v) is 7.41. The van der Waals surface area contributed by atoms with E-state index in [2.05, 4.69) is 32.1 Å². The fraction of sp³-hybridized carbons (Fsp3) is 0.267. The molecule has 0 spiro atoms. The second kappa shape index (κ2) is 5.05. The second-order valence-electron chi connectivity index (χ2n) is 5.35. The highest BCUT2D eigenvalue weighted by molar-refractivity contribution is 7.71. The van der Waals surface area contributed by atoms with Gasteiger partial charge in [-0.2, -0.15) is 5.10 Å². The third-order valence-corrected chi connectivity index (χ3v) is 4.16. The van der Waals surface area contributed by atoms with Crippen LogP contribution in [0.3, 0.4) is 0 Å². The summed E-state index contributed by atoms with van der Waals surface area (Å²) in [5, 5.41) is 4.40. The molecule has 6 heteroatoms. The Morgan fingerprint density at radius 1 is 1.29 bits per heavy atom. The zero-order valence-electron chi connectivity index (χ0n) is 11.5. The third kappa shape index (κ3) is 2.36. The van der Waals surface area contributed by atoms with Crippen molar-refractivity contribution < 1.29 is 0 Å². The van der Waals surface area contributed by atoms with Crippen LogP contribution in [0.2, 0.25) is 0 Å². The maximum atomic E-state index is 5.08. The largest absolute Gasteiger partial charge is 0.334 e. The van der Waals surface area contributed by atoms with Gasteiger partial charge >= 0.3 is 0 Å².